The van der Waals surface area contributed by atoms with Gasteiger partial charge < -0.3 is 4.90 Å². The lowest BCUT2D eigenvalue weighted by molar-refractivity contribution is 0.245. The molecule has 0 atom stereocenters. The minimum absolute atomic E-state index is 0.602. The molecule has 0 aliphatic carbocycles. The third kappa shape index (κ3) is 9.25. The summed E-state index contributed by atoms with van der Waals surface area (Å²) in [6.07, 6.45) is 3.28. The Kier molecular flexibility index (Phi) is 8.82. The summed E-state index contributed by atoms with van der Waals surface area (Å²) in [6, 6.07) is 4.33. The predicted molar refractivity (Wildman–Crippen MR) is 61.0 cm³/mol. The van der Waals surface area contributed by atoms with Crippen LogP contribution in [0.15, 0.2) is 0 Å². The molecule has 3 nitrogen and oxygen atoms in total. The van der Waals surface area contributed by atoms with E-state index in [0.717, 1.165) is 32.5 Å². The Morgan fingerprint density at radius 3 is 2.20 bits per heavy atom. The minimum Gasteiger partial charge on any atom is -0.302 e. The highest BCUT2D eigenvalue weighted by atomic mass is 15.1. The molecule has 0 saturated carbocycles. The van der Waals surface area contributed by atoms with Gasteiger partial charge in [0, 0.05) is 25.9 Å². The van der Waals surface area contributed by atoms with Crippen LogP contribution in [0, 0.1) is 28.6 Å². The van der Waals surface area contributed by atoms with E-state index in [0.29, 0.717) is 18.8 Å². The van der Waals surface area contributed by atoms with Crippen LogP contribution < -0.4 is 0 Å². The first-order valence-corrected chi connectivity index (χ1v) is 5.67. The minimum atomic E-state index is 0.602. The Morgan fingerprint density at radius 2 is 1.67 bits per heavy atom. The quantitative estimate of drug-likeness (QED) is 0.575. The molecular formula is C12H21N3. The molecule has 0 aliphatic heterocycles. The Morgan fingerprint density at radius 1 is 1.00 bits per heavy atom. The van der Waals surface area contributed by atoms with Crippen LogP contribution in [-0.2, 0) is 0 Å². The number of unbranched alkanes of at least 4 members (excludes halogenated alkanes) is 2. The average Bonchev–Trinajstić information content (AvgIpc) is 2.19. The molecule has 0 aliphatic rings. The first kappa shape index (κ1) is 13.9. The van der Waals surface area contributed by atoms with E-state index in [9.17, 15) is 0 Å². The van der Waals surface area contributed by atoms with Crippen LogP contribution in [0.5, 0.6) is 0 Å². The van der Waals surface area contributed by atoms with Gasteiger partial charge in [0.2, 0.25) is 0 Å². The monoisotopic (exact) mass is 207 g/mol. The molecule has 0 radical (unpaired) electrons. The largest absolute Gasteiger partial charge is 0.302 e. The van der Waals surface area contributed by atoms with Crippen molar-refractivity contribution >= 4 is 0 Å². The number of nitriles is 2. The van der Waals surface area contributed by atoms with Gasteiger partial charge in [-0.2, -0.15) is 10.5 Å². The summed E-state index contributed by atoms with van der Waals surface area (Å²) in [7, 11) is 0. The molecule has 0 aromatic heterocycles. The van der Waals surface area contributed by atoms with Gasteiger partial charge in [0.25, 0.3) is 0 Å². The molecule has 0 unspecified atom stereocenters. The van der Waals surface area contributed by atoms with Crippen LogP contribution in [-0.4, -0.2) is 24.5 Å². The van der Waals surface area contributed by atoms with Gasteiger partial charge in [-0.25, -0.2) is 0 Å². The molecule has 0 N–H and O–H groups in total. The van der Waals surface area contributed by atoms with Crippen LogP contribution >= 0.6 is 0 Å². The predicted octanol–water partition coefficient (Wildman–Crippen LogP) is 2.55. The van der Waals surface area contributed by atoms with Crippen LogP contribution in [0.25, 0.3) is 0 Å². The third-order valence-corrected chi connectivity index (χ3v) is 2.18. The number of hydrogen-bond donors (Lipinski definition) is 0. The number of nitrogens with zero attached hydrogens (tertiary/aromatic N) is 3. The zero-order valence-corrected chi connectivity index (χ0v) is 9.87. The molecule has 0 amide bonds. The first-order chi connectivity index (χ1) is 7.20. The zero-order chi connectivity index (χ0) is 11.5. The smallest absolute Gasteiger partial charge is 0.0635 e. The highest BCUT2D eigenvalue weighted by Gasteiger charge is 2.06. The van der Waals surface area contributed by atoms with Gasteiger partial charge >= 0.3 is 0 Å². The first-order valence-electron chi connectivity index (χ1n) is 5.67. The molecule has 0 aromatic rings. The van der Waals surface area contributed by atoms with Gasteiger partial charge in [0.05, 0.1) is 12.1 Å². The Hall–Kier alpha value is -1.06. The molecule has 0 spiro atoms. The summed E-state index contributed by atoms with van der Waals surface area (Å²) in [4.78, 5) is 2.32. The second kappa shape index (κ2) is 9.49. The molecule has 0 saturated heterocycles. The van der Waals surface area contributed by atoms with E-state index in [2.05, 4.69) is 30.9 Å². The summed E-state index contributed by atoms with van der Waals surface area (Å²) >= 11 is 0. The van der Waals surface area contributed by atoms with Gasteiger partial charge in [-0.1, -0.05) is 13.8 Å². The highest BCUT2D eigenvalue weighted by Crippen LogP contribution is 2.03. The van der Waals surface area contributed by atoms with Crippen molar-refractivity contribution in [2.45, 2.75) is 39.5 Å². The summed E-state index contributed by atoms with van der Waals surface area (Å²) in [5, 5.41) is 17.0. The molecule has 0 heterocycles. The van der Waals surface area contributed by atoms with Crippen molar-refractivity contribution in [3.8, 4) is 12.1 Å². The fourth-order valence-electron chi connectivity index (χ4n) is 1.56. The van der Waals surface area contributed by atoms with Crippen molar-refractivity contribution < 1.29 is 0 Å². The van der Waals surface area contributed by atoms with Crippen molar-refractivity contribution in [2.75, 3.05) is 19.6 Å². The maximum atomic E-state index is 8.54. The molecule has 3 heteroatoms. The Labute approximate surface area is 93.3 Å². The second-order valence-corrected chi connectivity index (χ2v) is 4.22. The van der Waals surface area contributed by atoms with Gasteiger partial charge in [-0.3, -0.25) is 0 Å². The fourth-order valence-corrected chi connectivity index (χ4v) is 1.56. The molecule has 84 valence electrons. The van der Waals surface area contributed by atoms with Crippen LogP contribution in [0.3, 0.4) is 0 Å². The van der Waals surface area contributed by atoms with Crippen molar-refractivity contribution in [2.24, 2.45) is 5.92 Å². The van der Waals surface area contributed by atoms with Gasteiger partial charge in [0.15, 0.2) is 0 Å². The van der Waals surface area contributed by atoms with Crippen LogP contribution in [0.2, 0.25) is 0 Å². The molecule has 0 rings (SSSR count). The van der Waals surface area contributed by atoms with Crippen LogP contribution in [0.4, 0.5) is 0 Å². The summed E-state index contributed by atoms with van der Waals surface area (Å²) in [6.45, 7) is 7.31. The van der Waals surface area contributed by atoms with E-state index in [4.69, 9.17) is 10.5 Å². The molecular weight excluding hydrogens is 186 g/mol. The lowest BCUT2D eigenvalue weighted by Crippen LogP contribution is -2.29. The van der Waals surface area contributed by atoms with E-state index in [1.54, 1.807) is 0 Å². The zero-order valence-electron chi connectivity index (χ0n) is 9.87. The van der Waals surface area contributed by atoms with E-state index in [-0.39, 0.29) is 0 Å². The van der Waals surface area contributed by atoms with Crippen LogP contribution in [0.1, 0.15) is 39.5 Å². The number of rotatable bonds is 8. The lowest BCUT2D eigenvalue weighted by Gasteiger charge is -2.22. The van der Waals surface area contributed by atoms with E-state index in [1.165, 1.54) is 0 Å². The standard InChI is InChI=1S/C12H21N3/c1-12(2)11-15(10-6-8-14)9-5-3-4-7-13/h12H,3-6,9-11H2,1-2H3. The van der Waals surface area contributed by atoms with Crippen molar-refractivity contribution in [1.29, 1.82) is 10.5 Å². The van der Waals surface area contributed by atoms with E-state index < -0.39 is 0 Å². The topological polar surface area (TPSA) is 50.8 Å². The third-order valence-electron chi connectivity index (χ3n) is 2.18. The average molecular weight is 207 g/mol. The summed E-state index contributed by atoms with van der Waals surface area (Å²) in [5.74, 6) is 0.639. The van der Waals surface area contributed by atoms with Gasteiger partial charge in [-0.15, -0.1) is 0 Å². The number of hydrogen-bond acceptors (Lipinski definition) is 3. The molecule has 0 aromatic carbocycles. The SMILES string of the molecule is CC(C)CN(CCC#N)CCCCC#N. The van der Waals surface area contributed by atoms with Crippen molar-refractivity contribution in [1.82, 2.24) is 4.90 Å². The Bertz CT molecular complexity index is 222. The lowest BCUT2D eigenvalue weighted by atomic mass is 10.2. The van der Waals surface area contributed by atoms with E-state index >= 15 is 0 Å². The molecule has 0 bridgehead atoms. The fraction of sp³-hybridized carbons (Fsp3) is 0.833. The molecule has 0 fully saturated rings. The Balaban J connectivity index is 3.71. The van der Waals surface area contributed by atoms with Crippen molar-refractivity contribution in [3.63, 3.8) is 0 Å². The second-order valence-electron chi connectivity index (χ2n) is 4.22. The van der Waals surface area contributed by atoms with Gasteiger partial charge in [0.1, 0.15) is 0 Å². The molecule has 15 heavy (non-hydrogen) atoms. The maximum Gasteiger partial charge on any atom is 0.0635 e. The normalized spacial score (nSPS) is 10.3. The van der Waals surface area contributed by atoms with Gasteiger partial charge in [-0.05, 0) is 25.3 Å². The summed E-state index contributed by atoms with van der Waals surface area (Å²) in [5.41, 5.74) is 0. The maximum absolute atomic E-state index is 8.54. The van der Waals surface area contributed by atoms with E-state index in [1.807, 2.05) is 0 Å². The van der Waals surface area contributed by atoms with Crippen molar-refractivity contribution in [3.05, 3.63) is 0 Å². The summed E-state index contributed by atoms with van der Waals surface area (Å²) < 4.78 is 0. The highest BCUT2D eigenvalue weighted by molar-refractivity contribution is 4.74.